The summed E-state index contributed by atoms with van der Waals surface area (Å²) < 4.78 is 13.6. The SMILES string of the molecule is Cc1cc(Br)cc(Br)c1OCC(=O)NNC(=O)c1cc(Br)ccc1OCC(C)C. The molecule has 0 saturated heterocycles. The summed E-state index contributed by atoms with van der Waals surface area (Å²) in [4.78, 5) is 24.6. The van der Waals surface area contributed by atoms with Crippen molar-refractivity contribution in [2.75, 3.05) is 13.2 Å². The Kier molecular flexibility index (Phi) is 8.98. The third-order valence-corrected chi connectivity index (χ3v) is 5.16. The highest BCUT2D eigenvalue weighted by Gasteiger charge is 2.15. The van der Waals surface area contributed by atoms with Gasteiger partial charge in [-0.15, -0.1) is 0 Å². The molecule has 0 saturated carbocycles. The zero-order valence-corrected chi connectivity index (χ0v) is 20.9. The van der Waals surface area contributed by atoms with Crippen molar-refractivity contribution in [3.63, 3.8) is 0 Å². The highest BCUT2D eigenvalue weighted by Crippen LogP contribution is 2.32. The number of nitrogens with one attached hydrogen (secondary N) is 2. The number of rotatable bonds is 7. The lowest BCUT2D eigenvalue weighted by atomic mass is 10.2. The molecule has 0 aliphatic carbocycles. The summed E-state index contributed by atoms with van der Waals surface area (Å²) in [7, 11) is 0. The molecule has 0 aliphatic rings. The van der Waals surface area contributed by atoms with Gasteiger partial charge in [0.05, 0.1) is 16.6 Å². The molecule has 0 unspecified atom stereocenters. The zero-order valence-electron chi connectivity index (χ0n) is 16.1. The van der Waals surface area contributed by atoms with E-state index in [2.05, 4.69) is 58.6 Å². The Morgan fingerprint density at radius 3 is 2.38 bits per heavy atom. The molecule has 6 nitrogen and oxygen atoms in total. The van der Waals surface area contributed by atoms with E-state index in [0.717, 1.165) is 19.0 Å². The number of benzene rings is 2. The van der Waals surface area contributed by atoms with Gasteiger partial charge in [-0.05, 0) is 64.7 Å². The fourth-order valence-electron chi connectivity index (χ4n) is 2.30. The third kappa shape index (κ3) is 7.31. The lowest BCUT2D eigenvalue weighted by Crippen LogP contribution is -2.44. The molecule has 9 heteroatoms. The van der Waals surface area contributed by atoms with Gasteiger partial charge in [0.15, 0.2) is 6.61 Å². The van der Waals surface area contributed by atoms with E-state index in [9.17, 15) is 9.59 Å². The number of hydrogen-bond acceptors (Lipinski definition) is 4. The van der Waals surface area contributed by atoms with Gasteiger partial charge in [0.25, 0.3) is 11.8 Å². The van der Waals surface area contributed by atoms with Crippen LogP contribution in [-0.4, -0.2) is 25.0 Å². The maximum atomic E-state index is 12.5. The maximum Gasteiger partial charge on any atom is 0.276 e. The van der Waals surface area contributed by atoms with Gasteiger partial charge in [0.2, 0.25) is 0 Å². The topological polar surface area (TPSA) is 76.7 Å². The number of amides is 2. The molecule has 0 atom stereocenters. The molecule has 0 bridgehead atoms. The summed E-state index contributed by atoms with van der Waals surface area (Å²) in [6, 6.07) is 8.84. The lowest BCUT2D eigenvalue weighted by molar-refractivity contribution is -0.123. The first-order chi connectivity index (χ1) is 13.7. The van der Waals surface area contributed by atoms with Gasteiger partial charge >= 0.3 is 0 Å². The minimum Gasteiger partial charge on any atom is -0.492 e. The molecule has 0 spiro atoms. The number of hydrazine groups is 1. The standard InChI is InChI=1S/C20H21Br3N2O4/c1-11(2)9-28-17-5-4-13(21)7-15(17)20(27)25-24-18(26)10-29-19-12(3)6-14(22)8-16(19)23/h4-8,11H,9-10H2,1-3H3,(H,24,26)(H,25,27). The van der Waals surface area contributed by atoms with Gasteiger partial charge in [-0.25, -0.2) is 0 Å². The molecule has 29 heavy (non-hydrogen) atoms. The van der Waals surface area contributed by atoms with Crippen LogP contribution in [0.2, 0.25) is 0 Å². The van der Waals surface area contributed by atoms with Gasteiger partial charge in [0, 0.05) is 8.95 Å². The second kappa shape index (κ2) is 11.0. The molecule has 0 heterocycles. The number of ether oxygens (including phenoxy) is 2. The highest BCUT2D eigenvalue weighted by molar-refractivity contribution is 9.11. The van der Waals surface area contributed by atoms with Crippen LogP contribution in [0.15, 0.2) is 43.7 Å². The Balaban J connectivity index is 1.95. The second-order valence-corrected chi connectivity index (χ2v) is 9.36. The van der Waals surface area contributed by atoms with Crippen LogP contribution in [0.25, 0.3) is 0 Å². The average molecular weight is 593 g/mol. The lowest BCUT2D eigenvalue weighted by Gasteiger charge is -2.15. The molecule has 2 N–H and O–H groups in total. The minimum atomic E-state index is -0.493. The van der Waals surface area contributed by atoms with Crippen LogP contribution < -0.4 is 20.3 Å². The van der Waals surface area contributed by atoms with E-state index in [-0.39, 0.29) is 6.61 Å². The number of halogens is 3. The van der Waals surface area contributed by atoms with Crippen molar-refractivity contribution in [3.05, 3.63) is 54.9 Å². The first-order valence-corrected chi connectivity index (χ1v) is 11.1. The van der Waals surface area contributed by atoms with E-state index in [0.29, 0.717) is 29.6 Å². The normalized spacial score (nSPS) is 10.6. The molecule has 0 fully saturated rings. The fraction of sp³-hybridized carbons (Fsp3) is 0.300. The van der Waals surface area contributed by atoms with Gasteiger partial charge in [-0.2, -0.15) is 0 Å². The molecule has 0 aromatic heterocycles. The maximum absolute atomic E-state index is 12.5. The molecule has 2 rings (SSSR count). The quantitative estimate of drug-likeness (QED) is 0.436. The summed E-state index contributed by atoms with van der Waals surface area (Å²) in [5.74, 6) is 0.338. The van der Waals surface area contributed by atoms with E-state index in [1.807, 2.05) is 32.9 Å². The van der Waals surface area contributed by atoms with Crippen LogP contribution in [0, 0.1) is 12.8 Å². The van der Waals surface area contributed by atoms with E-state index in [1.165, 1.54) is 0 Å². The van der Waals surface area contributed by atoms with E-state index < -0.39 is 11.8 Å². The summed E-state index contributed by atoms with van der Waals surface area (Å²) in [6.07, 6.45) is 0. The number of carbonyl (C=O) groups is 2. The molecule has 2 amide bonds. The Bertz CT molecular complexity index is 880. The molecular formula is C20H21Br3N2O4. The highest BCUT2D eigenvalue weighted by atomic mass is 79.9. The Morgan fingerprint density at radius 2 is 1.72 bits per heavy atom. The summed E-state index contributed by atoms with van der Waals surface area (Å²) in [6.45, 7) is 6.13. The molecular weight excluding hydrogens is 572 g/mol. The van der Waals surface area contributed by atoms with Gasteiger partial charge in [0.1, 0.15) is 11.5 Å². The van der Waals surface area contributed by atoms with Crippen LogP contribution in [0.3, 0.4) is 0 Å². The predicted octanol–water partition coefficient (Wildman–Crippen LogP) is 5.16. The average Bonchev–Trinajstić information content (AvgIpc) is 2.64. The van der Waals surface area contributed by atoms with Crippen molar-refractivity contribution in [1.29, 1.82) is 0 Å². The Hall–Kier alpha value is -1.58. The van der Waals surface area contributed by atoms with Crippen LogP contribution in [-0.2, 0) is 4.79 Å². The zero-order chi connectivity index (χ0) is 21.6. The molecule has 0 aliphatic heterocycles. The van der Waals surface area contributed by atoms with E-state index >= 15 is 0 Å². The smallest absolute Gasteiger partial charge is 0.276 e. The number of hydrogen-bond donors (Lipinski definition) is 2. The Labute approximate surface area is 195 Å². The largest absolute Gasteiger partial charge is 0.492 e. The fourth-order valence-corrected chi connectivity index (χ4v) is 4.22. The predicted molar refractivity (Wildman–Crippen MR) is 122 cm³/mol. The van der Waals surface area contributed by atoms with Crippen LogP contribution in [0.5, 0.6) is 11.5 Å². The third-order valence-electron chi connectivity index (χ3n) is 3.62. The van der Waals surface area contributed by atoms with Crippen molar-refractivity contribution < 1.29 is 19.1 Å². The van der Waals surface area contributed by atoms with Gasteiger partial charge in [-0.3, -0.25) is 20.4 Å². The van der Waals surface area contributed by atoms with E-state index in [1.54, 1.807) is 18.2 Å². The number of aryl methyl sites for hydroxylation is 1. The molecule has 156 valence electrons. The van der Waals surface area contributed by atoms with Crippen molar-refractivity contribution in [1.82, 2.24) is 10.9 Å². The van der Waals surface area contributed by atoms with Crippen molar-refractivity contribution in [2.24, 2.45) is 5.92 Å². The molecule has 2 aromatic carbocycles. The van der Waals surface area contributed by atoms with Crippen LogP contribution in [0.4, 0.5) is 0 Å². The van der Waals surface area contributed by atoms with Crippen molar-refractivity contribution in [3.8, 4) is 11.5 Å². The monoisotopic (exact) mass is 590 g/mol. The minimum absolute atomic E-state index is 0.253. The molecule has 0 radical (unpaired) electrons. The van der Waals surface area contributed by atoms with Crippen LogP contribution in [0.1, 0.15) is 29.8 Å². The summed E-state index contributed by atoms with van der Waals surface area (Å²) in [5.41, 5.74) is 5.92. The van der Waals surface area contributed by atoms with Crippen molar-refractivity contribution >= 4 is 59.6 Å². The summed E-state index contributed by atoms with van der Waals surface area (Å²) in [5, 5.41) is 0. The van der Waals surface area contributed by atoms with Gasteiger partial charge < -0.3 is 9.47 Å². The summed E-state index contributed by atoms with van der Waals surface area (Å²) >= 11 is 10.1. The van der Waals surface area contributed by atoms with E-state index in [4.69, 9.17) is 9.47 Å². The van der Waals surface area contributed by atoms with Crippen molar-refractivity contribution in [2.45, 2.75) is 20.8 Å². The van der Waals surface area contributed by atoms with Gasteiger partial charge in [-0.1, -0.05) is 45.7 Å². The molecule has 2 aromatic rings. The first-order valence-electron chi connectivity index (χ1n) is 8.77. The van der Waals surface area contributed by atoms with Crippen LogP contribution >= 0.6 is 47.8 Å². The first kappa shape index (κ1) is 23.7. The Morgan fingerprint density at radius 1 is 1.00 bits per heavy atom. The second-order valence-electron chi connectivity index (χ2n) is 6.67. The number of carbonyl (C=O) groups excluding carboxylic acids is 2.